The van der Waals surface area contributed by atoms with Gasteiger partial charge in [0.05, 0.1) is 6.10 Å². The smallest absolute Gasteiger partial charge is 0.303 e. The SMILES string of the molecule is CCC(CCC(=O)O)Oc1ccc(Cl)cc1C. The zero-order valence-electron chi connectivity index (χ0n) is 10.1. The lowest BCUT2D eigenvalue weighted by Crippen LogP contribution is -2.17. The number of carboxylic acids is 1. The molecule has 0 spiro atoms. The molecule has 0 aliphatic rings. The normalized spacial score (nSPS) is 12.2. The van der Waals surface area contributed by atoms with E-state index in [1.54, 1.807) is 6.07 Å². The molecule has 1 N–H and O–H groups in total. The van der Waals surface area contributed by atoms with Gasteiger partial charge in [-0.05, 0) is 43.5 Å². The molecule has 0 saturated heterocycles. The number of hydrogen-bond donors (Lipinski definition) is 1. The second-order valence-corrected chi connectivity index (χ2v) is 4.43. The van der Waals surface area contributed by atoms with Gasteiger partial charge in [-0.3, -0.25) is 4.79 Å². The third-order valence-corrected chi connectivity index (χ3v) is 2.80. The molecule has 17 heavy (non-hydrogen) atoms. The Morgan fingerprint density at radius 2 is 2.24 bits per heavy atom. The summed E-state index contributed by atoms with van der Waals surface area (Å²) in [6, 6.07) is 5.43. The van der Waals surface area contributed by atoms with E-state index in [4.69, 9.17) is 21.4 Å². The number of hydrogen-bond acceptors (Lipinski definition) is 2. The highest BCUT2D eigenvalue weighted by Crippen LogP contribution is 2.24. The number of aliphatic carboxylic acids is 1. The van der Waals surface area contributed by atoms with Crippen molar-refractivity contribution in [2.45, 2.75) is 39.2 Å². The molecule has 0 amide bonds. The Morgan fingerprint density at radius 1 is 1.53 bits per heavy atom. The second-order valence-electron chi connectivity index (χ2n) is 3.99. The zero-order valence-corrected chi connectivity index (χ0v) is 10.8. The van der Waals surface area contributed by atoms with E-state index in [9.17, 15) is 4.79 Å². The van der Waals surface area contributed by atoms with Crippen molar-refractivity contribution in [2.75, 3.05) is 0 Å². The van der Waals surface area contributed by atoms with Crippen LogP contribution in [0.1, 0.15) is 31.7 Å². The van der Waals surface area contributed by atoms with Gasteiger partial charge in [0.1, 0.15) is 5.75 Å². The van der Waals surface area contributed by atoms with E-state index in [1.807, 2.05) is 26.0 Å². The molecule has 0 radical (unpaired) electrons. The molecule has 1 rings (SSSR count). The molecule has 1 unspecified atom stereocenters. The van der Waals surface area contributed by atoms with Gasteiger partial charge in [-0.25, -0.2) is 0 Å². The Bertz CT molecular complexity index is 390. The van der Waals surface area contributed by atoms with Gasteiger partial charge in [-0.15, -0.1) is 0 Å². The fraction of sp³-hybridized carbons (Fsp3) is 0.462. The van der Waals surface area contributed by atoms with Gasteiger partial charge in [0.2, 0.25) is 0 Å². The Hall–Kier alpha value is -1.22. The third kappa shape index (κ3) is 4.65. The minimum Gasteiger partial charge on any atom is -0.490 e. The molecule has 0 aliphatic heterocycles. The van der Waals surface area contributed by atoms with Gasteiger partial charge in [-0.2, -0.15) is 0 Å². The quantitative estimate of drug-likeness (QED) is 0.845. The van der Waals surface area contributed by atoms with Crippen LogP contribution in [-0.4, -0.2) is 17.2 Å². The maximum atomic E-state index is 10.5. The number of benzene rings is 1. The van der Waals surface area contributed by atoms with Crippen LogP contribution in [0.15, 0.2) is 18.2 Å². The number of aryl methyl sites for hydroxylation is 1. The van der Waals surface area contributed by atoms with Crippen LogP contribution in [0.25, 0.3) is 0 Å². The van der Waals surface area contributed by atoms with Crippen LogP contribution < -0.4 is 4.74 Å². The number of ether oxygens (including phenoxy) is 1. The van der Waals surface area contributed by atoms with Crippen LogP contribution in [-0.2, 0) is 4.79 Å². The number of halogens is 1. The lowest BCUT2D eigenvalue weighted by atomic mass is 10.1. The van der Waals surface area contributed by atoms with Crippen LogP contribution in [0.5, 0.6) is 5.75 Å². The van der Waals surface area contributed by atoms with Crippen molar-refractivity contribution in [1.82, 2.24) is 0 Å². The van der Waals surface area contributed by atoms with Crippen LogP contribution in [0.3, 0.4) is 0 Å². The molecule has 1 aromatic carbocycles. The summed E-state index contributed by atoms with van der Waals surface area (Å²) in [5, 5.41) is 9.32. The third-order valence-electron chi connectivity index (χ3n) is 2.57. The molecule has 0 saturated carbocycles. The summed E-state index contributed by atoms with van der Waals surface area (Å²) in [5.41, 5.74) is 0.964. The van der Waals surface area contributed by atoms with Crippen molar-refractivity contribution in [3.05, 3.63) is 28.8 Å². The molecule has 0 bridgehead atoms. The molecule has 4 heteroatoms. The highest BCUT2D eigenvalue weighted by Gasteiger charge is 2.11. The molecular weight excluding hydrogens is 240 g/mol. The summed E-state index contributed by atoms with van der Waals surface area (Å²) in [4.78, 5) is 10.5. The van der Waals surface area contributed by atoms with E-state index in [-0.39, 0.29) is 12.5 Å². The Kier molecular flexibility index (Phi) is 5.29. The van der Waals surface area contributed by atoms with E-state index in [1.165, 1.54) is 0 Å². The van der Waals surface area contributed by atoms with E-state index in [0.29, 0.717) is 11.4 Å². The topological polar surface area (TPSA) is 46.5 Å². The molecule has 1 atom stereocenters. The summed E-state index contributed by atoms with van der Waals surface area (Å²) in [5.74, 6) is -0.0217. The Labute approximate surface area is 106 Å². The van der Waals surface area contributed by atoms with Crippen molar-refractivity contribution < 1.29 is 14.6 Å². The van der Waals surface area contributed by atoms with Gasteiger partial charge in [0, 0.05) is 11.4 Å². The van der Waals surface area contributed by atoms with E-state index < -0.39 is 5.97 Å². The van der Waals surface area contributed by atoms with Crippen LogP contribution in [0.2, 0.25) is 5.02 Å². The van der Waals surface area contributed by atoms with Crippen molar-refractivity contribution >= 4 is 17.6 Å². The summed E-state index contributed by atoms with van der Waals surface area (Å²) >= 11 is 5.86. The first-order chi connectivity index (χ1) is 8.02. The van der Waals surface area contributed by atoms with Crippen LogP contribution >= 0.6 is 11.6 Å². The van der Waals surface area contributed by atoms with Crippen LogP contribution in [0, 0.1) is 6.92 Å². The predicted octanol–water partition coefficient (Wildman–Crippen LogP) is 3.67. The number of rotatable bonds is 6. The lowest BCUT2D eigenvalue weighted by molar-refractivity contribution is -0.137. The first-order valence-corrected chi connectivity index (χ1v) is 6.05. The second kappa shape index (κ2) is 6.50. The molecule has 1 aromatic rings. The van der Waals surface area contributed by atoms with E-state index in [0.717, 1.165) is 17.7 Å². The summed E-state index contributed by atoms with van der Waals surface area (Å²) in [6.07, 6.45) is 1.37. The Balaban J connectivity index is 2.63. The van der Waals surface area contributed by atoms with Gasteiger partial charge in [-0.1, -0.05) is 18.5 Å². The lowest BCUT2D eigenvalue weighted by Gasteiger charge is -2.18. The fourth-order valence-electron chi connectivity index (χ4n) is 1.56. The van der Waals surface area contributed by atoms with Gasteiger partial charge < -0.3 is 9.84 Å². The predicted molar refractivity (Wildman–Crippen MR) is 67.8 cm³/mol. The van der Waals surface area contributed by atoms with E-state index in [2.05, 4.69) is 0 Å². The van der Waals surface area contributed by atoms with Crippen molar-refractivity contribution in [2.24, 2.45) is 0 Å². The summed E-state index contributed by atoms with van der Waals surface area (Å²) in [6.45, 7) is 3.91. The first-order valence-electron chi connectivity index (χ1n) is 5.67. The molecule has 0 fully saturated rings. The van der Waals surface area contributed by atoms with Crippen molar-refractivity contribution in [3.8, 4) is 5.75 Å². The Morgan fingerprint density at radius 3 is 2.76 bits per heavy atom. The molecule has 94 valence electrons. The number of carbonyl (C=O) groups is 1. The van der Waals surface area contributed by atoms with Gasteiger partial charge in [0.15, 0.2) is 0 Å². The molecule has 0 aromatic heterocycles. The largest absolute Gasteiger partial charge is 0.490 e. The van der Waals surface area contributed by atoms with Crippen LogP contribution in [0.4, 0.5) is 0 Å². The van der Waals surface area contributed by atoms with Crippen molar-refractivity contribution in [3.63, 3.8) is 0 Å². The van der Waals surface area contributed by atoms with E-state index >= 15 is 0 Å². The summed E-state index contributed by atoms with van der Waals surface area (Å²) in [7, 11) is 0. The summed E-state index contributed by atoms with van der Waals surface area (Å²) < 4.78 is 5.78. The fourth-order valence-corrected chi connectivity index (χ4v) is 1.78. The highest BCUT2D eigenvalue weighted by atomic mass is 35.5. The molecular formula is C13H17ClO3. The van der Waals surface area contributed by atoms with Crippen molar-refractivity contribution in [1.29, 1.82) is 0 Å². The molecule has 0 aliphatic carbocycles. The van der Waals surface area contributed by atoms with Gasteiger partial charge in [0.25, 0.3) is 0 Å². The maximum Gasteiger partial charge on any atom is 0.303 e. The molecule has 0 heterocycles. The highest BCUT2D eigenvalue weighted by molar-refractivity contribution is 6.30. The van der Waals surface area contributed by atoms with Gasteiger partial charge >= 0.3 is 5.97 Å². The minimum atomic E-state index is -0.792. The first kappa shape index (κ1) is 13.8. The number of carboxylic acid groups (broad SMARTS) is 1. The zero-order chi connectivity index (χ0) is 12.8. The molecule has 3 nitrogen and oxygen atoms in total. The monoisotopic (exact) mass is 256 g/mol. The average Bonchev–Trinajstić information content (AvgIpc) is 2.26. The maximum absolute atomic E-state index is 10.5. The minimum absolute atomic E-state index is 0.0639. The standard InChI is InChI=1S/C13H17ClO3/c1-3-11(5-7-13(15)16)17-12-6-4-10(14)8-9(12)2/h4,6,8,11H,3,5,7H2,1-2H3,(H,15,16). The average molecular weight is 257 g/mol.